The number of halogens is 30. The summed E-state index contributed by atoms with van der Waals surface area (Å²) >= 11 is 22.2. The summed E-state index contributed by atoms with van der Waals surface area (Å²) < 4.78 is 487. The third-order valence-corrected chi connectivity index (χ3v) is 27.5. The summed E-state index contributed by atoms with van der Waals surface area (Å²) in [5, 5.41) is 0. The molecule has 0 saturated heterocycles. The molecule has 6 aromatic carbocycles. The van der Waals surface area contributed by atoms with E-state index in [0.29, 0.717) is 83.9 Å². The van der Waals surface area contributed by atoms with E-state index in [1.165, 1.54) is 86.0 Å². The standard InChI is InChI=1S/C13H15F3I2O5S.C12H13F3I2O5S.C12H11F3I2O5S.C11H11F3I2O5S.C11H9F3I2O5S.C10H9F3I2O5S/c1-12(2,3)23-11-8(17)4-7(5-9(11)18)22-10(13(14,15)16)6-24(19,20)21;1-6(2)21-11-8(16)3-7(4-9(11)17)22-10(12(13,14)15)5-23(18,19)20;1-2-3-21-11-8(16)4-7(5-9(11)17)22-10(12(13,14)15)6-23(18,19)20;2*1-2-20-10-7(15)3-6(4-8(10)16)21-9(11(12,13)14)5-22(17,18)19;1-19-9-6(14)2-5(3-7(9)15)20-8(10(11,12)13)4-21(16,17)18/h4-5,10H,6H2,1-3H3,(H,19,20,21);3-4,6,10H,5H2,1-2H3,(H,18,19,20);2,4-5,10H,1,3,6H2,(H,18,19,20);3-4,9H,2,5H2,1H3,(H,17,18,19);2-4,9H,1,5H2,(H,17,18,19);2-3,8H,4H2,1H3,(H,16,17,18)/p-6. The Morgan fingerprint density at radius 2 is 0.496 bits per heavy atom. The number of methoxy groups -OCH3 is 1. The van der Waals surface area contributed by atoms with Crippen LogP contribution in [0.25, 0.3) is 0 Å². The Balaban J connectivity index is 0.000000810. The fourth-order valence-electron chi connectivity index (χ4n) is 8.60. The molecule has 66 heteroatoms. The lowest BCUT2D eigenvalue weighted by Crippen LogP contribution is -2.40. The molecule has 6 rings (SSSR count). The second-order valence-electron chi connectivity index (χ2n) is 26.4. The zero-order valence-electron chi connectivity index (χ0n) is 67.7. The minimum Gasteiger partial charge on any atom is -0.748 e. The highest BCUT2D eigenvalue weighted by atomic mass is 127. The van der Waals surface area contributed by atoms with Gasteiger partial charge in [0.15, 0.2) is 5.75 Å². The van der Waals surface area contributed by atoms with E-state index in [1.807, 2.05) is 292 Å². The summed E-state index contributed by atoms with van der Waals surface area (Å²) in [7, 11) is -29.2. The Bertz CT molecular complexity index is 5590. The van der Waals surface area contributed by atoms with Gasteiger partial charge in [-0.2, -0.15) is 79.0 Å². The van der Waals surface area contributed by atoms with Gasteiger partial charge in [0.25, 0.3) is 0 Å². The lowest BCUT2D eigenvalue weighted by molar-refractivity contribution is -0.188. The van der Waals surface area contributed by atoms with Crippen LogP contribution in [0.5, 0.6) is 69.0 Å². The van der Waals surface area contributed by atoms with E-state index in [9.17, 15) is 157 Å². The van der Waals surface area contributed by atoms with Crippen LogP contribution >= 0.6 is 271 Å². The van der Waals surface area contributed by atoms with E-state index >= 15 is 0 Å². The van der Waals surface area contributed by atoms with Crippen molar-refractivity contribution in [2.24, 2.45) is 0 Å². The van der Waals surface area contributed by atoms with E-state index in [1.54, 1.807) is 20.8 Å². The van der Waals surface area contributed by atoms with Crippen LogP contribution in [0.4, 0.5) is 79.0 Å². The lowest BCUT2D eigenvalue weighted by Gasteiger charge is -2.25. The molecule has 0 radical (unpaired) electrons. The van der Waals surface area contributed by atoms with E-state index < -0.39 is 175 Å². The molecule has 0 amide bonds. The molecule has 0 aliphatic rings. The van der Waals surface area contributed by atoms with Gasteiger partial charge in [0, 0.05) is 0 Å². The van der Waals surface area contributed by atoms with Crippen LogP contribution in [-0.4, -0.2) is 218 Å². The molecule has 30 nitrogen and oxygen atoms in total. The number of hydrogen-bond donors (Lipinski definition) is 0. The molecule has 0 aliphatic carbocycles. The van der Waals surface area contributed by atoms with E-state index in [-0.39, 0.29) is 47.2 Å². The van der Waals surface area contributed by atoms with Gasteiger partial charge in [-0.3, -0.25) is 0 Å². The van der Waals surface area contributed by atoms with Crippen LogP contribution in [0.2, 0.25) is 0 Å². The largest absolute Gasteiger partial charge is 0.748 e. The summed E-state index contributed by atoms with van der Waals surface area (Å²) in [5.41, 5.74) is -0.507. The first-order valence-corrected chi connectivity index (χ1v) is 57.0. The molecule has 0 spiro atoms. The number of rotatable bonds is 35. The zero-order chi connectivity index (χ0) is 105. The van der Waals surface area contributed by atoms with Crippen LogP contribution in [0, 0.1) is 42.8 Å². The first-order chi connectivity index (χ1) is 60.6. The zero-order valence-corrected chi connectivity index (χ0v) is 98.5. The van der Waals surface area contributed by atoms with Gasteiger partial charge < -0.3 is 84.2 Å². The van der Waals surface area contributed by atoms with E-state index in [4.69, 9.17) is 37.9 Å². The predicted octanol–water partition coefficient (Wildman–Crippen LogP) is 20.0. The Labute approximate surface area is 924 Å². The van der Waals surface area contributed by atoms with Crippen molar-refractivity contribution in [3.8, 4) is 69.0 Å². The Morgan fingerprint density at radius 1 is 0.311 bits per heavy atom. The lowest BCUT2D eigenvalue weighted by atomic mass is 10.2. The molecule has 0 saturated carbocycles. The fourth-order valence-corrected chi connectivity index (χ4v) is 24.4. The molecule has 6 unspecified atom stereocenters. The van der Waals surface area contributed by atoms with Crippen molar-refractivity contribution in [3.63, 3.8) is 0 Å². The molecule has 770 valence electrons. The molecule has 0 aliphatic heterocycles. The van der Waals surface area contributed by atoms with Gasteiger partial charge in [-0.05, 0) is 385 Å². The summed E-state index contributed by atoms with van der Waals surface area (Å²) in [5.74, 6) is -8.61. The quantitative estimate of drug-likeness (QED) is 0.0117. The van der Waals surface area contributed by atoms with Crippen LogP contribution < -0.4 is 56.8 Å². The molecule has 135 heavy (non-hydrogen) atoms. The van der Waals surface area contributed by atoms with Gasteiger partial charge in [-0.1, -0.05) is 19.2 Å². The maximum atomic E-state index is 12.9. The van der Waals surface area contributed by atoms with Crippen molar-refractivity contribution in [2.75, 3.05) is 54.8 Å². The minimum absolute atomic E-state index is 0.127. The number of ether oxygens (including phenoxy) is 12. The van der Waals surface area contributed by atoms with Gasteiger partial charge in [0.05, 0.1) is 164 Å². The normalized spacial score (nSPS) is 13.8. The monoisotopic (exact) mass is 3430 g/mol. The van der Waals surface area contributed by atoms with Crippen LogP contribution in [0.3, 0.4) is 0 Å². The minimum atomic E-state index is -5.10. The highest BCUT2D eigenvalue weighted by molar-refractivity contribution is 14.1. The van der Waals surface area contributed by atoms with Gasteiger partial charge in [0.2, 0.25) is 36.6 Å². The summed E-state index contributed by atoms with van der Waals surface area (Å²) in [4.78, 5) is 0. The molecular formula is C69H62F18I12O30S6-6. The first-order valence-electron chi connectivity index (χ1n) is 34.6. The molecule has 0 fully saturated rings. The number of benzene rings is 6. The van der Waals surface area contributed by atoms with Gasteiger partial charge in [-0.15, -0.1) is 0 Å². The highest BCUT2D eigenvalue weighted by Gasteiger charge is 2.49. The van der Waals surface area contributed by atoms with E-state index in [0.717, 1.165) is 6.26 Å². The molecule has 0 heterocycles. The molecule has 6 aromatic rings. The molecule has 6 atom stereocenters. The predicted molar refractivity (Wildman–Crippen MR) is 542 cm³/mol. The van der Waals surface area contributed by atoms with Gasteiger partial charge >= 0.3 is 37.1 Å². The van der Waals surface area contributed by atoms with Crippen molar-refractivity contribution >= 4 is 332 Å². The maximum Gasteiger partial charge on any atom is 0.426 e. The van der Waals surface area contributed by atoms with Crippen LogP contribution in [0.15, 0.2) is 98.3 Å². The maximum absolute atomic E-state index is 12.9. The summed E-state index contributed by atoms with van der Waals surface area (Å²) in [6, 6.07) is 15.2. The third kappa shape index (κ3) is 54.0. The van der Waals surface area contributed by atoms with E-state index in [2.05, 4.69) is 32.1 Å². The van der Waals surface area contributed by atoms with Crippen molar-refractivity contribution in [3.05, 3.63) is 141 Å². The second-order valence-corrected chi connectivity index (χ2v) is 49.1. The molecule has 0 bridgehead atoms. The van der Waals surface area contributed by atoms with Crippen molar-refractivity contribution in [1.82, 2.24) is 0 Å². The van der Waals surface area contributed by atoms with Crippen molar-refractivity contribution < 1.29 is 214 Å². The molecule has 0 aromatic heterocycles. The first kappa shape index (κ1) is 132. The van der Waals surface area contributed by atoms with Crippen molar-refractivity contribution in [2.45, 2.75) is 127 Å². The SMILES string of the molecule is C=CCOc1c(I)cc(OC(CS(=O)(=O)[O-])C(F)(F)F)cc1I.C=COc1c(I)cc(OC(CS(=O)(=O)[O-])C(F)(F)F)cc1I.CC(C)(C)Oc1c(I)cc(OC(CS(=O)(=O)[O-])C(F)(F)F)cc1I.CC(C)Oc1c(I)cc(OC(CS(=O)(=O)[O-])C(F)(F)F)cc1I.CCOc1c(I)cc(OC(CS(=O)(=O)[O-])C(F)(F)F)cc1I.COc1c(I)cc(OC(CS(=O)(=O)[O-])C(F)(F)F)cc1I. The Hall–Kier alpha value is -0.640. The molecular weight excluding hydrogens is 3370 g/mol. The van der Waals surface area contributed by atoms with Gasteiger partial charge in [-0.25, -0.2) is 50.5 Å². The average molecular weight is 3430 g/mol. The topological polar surface area (TPSA) is 454 Å². The third-order valence-electron chi connectivity index (χ3n) is 13.6. The van der Waals surface area contributed by atoms with Crippen LogP contribution in [0.1, 0.15) is 41.5 Å². The Kier molecular flexibility index (Phi) is 54.9. The second kappa shape index (κ2) is 55.9. The van der Waals surface area contributed by atoms with Gasteiger partial charge in [0.1, 0.15) is 75.5 Å². The van der Waals surface area contributed by atoms with Crippen molar-refractivity contribution in [1.29, 1.82) is 0 Å². The summed E-state index contributed by atoms with van der Waals surface area (Å²) in [6.45, 7) is 18.3. The average Bonchev–Trinajstić information content (AvgIpc) is 0.822. The summed E-state index contributed by atoms with van der Waals surface area (Å²) in [6.07, 6.45) is -43.8. The Morgan fingerprint density at radius 3 is 0.659 bits per heavy atom. The molecule has 0 N–H and O–H groups in total. The van der Waals surface area contributed by atoms with Crippen LogP contribution in [-0.2, 0) is 60.7 Å². The smallest absolute Gasteiger partial charge is 0.426 e. The number of alkyl halides is 18. The highest BCUT2D eigenvalue weighted by Crippen LogP contribution is 2.43. The number of hydrogen-bond acceptors (Lipinski definition) is 30. The fraction of sp³-hybridized carbons (Fsp3) is 0.420.